The lowest BCUT2D eigenvalue weighted by Gasteiger charge is -2.41. The fraction of sp³-hybridized carbons (Fsp3) is 0.192. The summed E-state index contributed by atoms with van der Waals surface area (Å²) in [4.78, 5) is 42.6. The topological polar surface area (TPSA) is 99.9 Å². The van der Waals surface area contributed by atoms with E-state index in [1.165, 1.54) is 0 Å². The molecule has 0 spiro atoms. The van der Waals surface area contributed by atoms with E-state index in [2.05, 4.69) is 15.5 Å². The first-order chi connectivity index (χ1) is 17.1. The molecule has 2 aliphatic rings. The number of carbonyl (C=O) groups excluding carboxylic acids is 3. The van der Waals surface area contributed by atoms with Crippen molar-refractivity contribution in [1.82, 2.24) is 24.8 Å². The van der Waals surface area contributed by atoms with E-state index in [4.69, 9.17) is 0 Å². The molecule has 174 valence electrons. The molecule has 2 aromatic carbocycles. The average molecular weight is 467 g/mol. The Balaban J connectivity index is 1.17. The summed E-state index contributed by atoms with van der Waals surface area (Å²) in [6.07, 6.45) is 2.04. The van der Waals surface area contributed by atoms with E-state index < -0.39 is 6.17 Å². The first kappa shape index (κ1) is 21.0. The van der Waals surface area contributed by atoms with Gasteiger partial charge in [0.05, 0.1) is 17.8 Å². The molecule has 1 N–H and O–H groups in total. The van der Waals surface area contributed by atoms with Crippen LogP contribution in [0, 0.1) is 0 Å². The van der Waals surface area contributed by atoms with Gasteiger partial charge in [0, 0.05) is 30.3 Å². The van der Waals surface area contributed by atoms with E-state index in [-0.39, 0.29) is 30.7 Å². The summed E-state index contributed by atoms with van der Waals surface area (Å²) in [7, 11) is 0. The number of nitrogens with zero attached hydrogens (tertiary/aromatic N) is 5. The van der Waals surface area contributed by atoms with Gasteiger partial charge >= 0.3 is 0 Å². The summed E-state index contributed by atoms with van der Waals surface area (Å²) >= 11 is 0. The predicted molar refractivity (Wildman–Crippen MR) is 128 cm³/mol. The van der Waals surface area contributed by atoms with E-state index in [0.717, 1.165) is 11.2 Å². The van der Waals surface area contributed by atoms with Crippen molar-refractivity contribution in [3.05, 3.63) is 95.4 Å². The molecule has 4 heterocycles. The van der Waals surface area contributed by atoms with Crippen LogP contribution in [-0.4, -0.2) is 43.8 Å². The highest BCUT2D eigenvalue weighted by atomic mass is 16.2. The molecule has 3 amide bonds. The van der Waals surface area contributed by atoms with Crippen LogP contribution in [0.25, 0.3) is 5.65 Å². The Morgan fingerprint density at radius 2 is 1.66 bits per heavy atom. The fourth-order valence-electron chi connectivity index (χ4n) is 4.89. The molecule has 0 fully saturated rings. The minimum atomic E-state index is -0.508. The summed E-state index contributed by atoms with van der Waals surface area (Å²) in [6, 6.07) is 20.2. The van der Waals surface area contributed by atoms with E-state index in [1.54, 1.807) is 28.0 Å². The molecule has 0 radical (unpaired) electrons. The van der Waals surface area contributed by atoms with Crippen LogP contribution in [0.4, 0.5) is 5.69 Å². The maximum atomic E-state index is 13.4. The van der Waals surface area contributed by atoms with E-state index in [0.29, 0.717) is 35.6 Å². The van der Waals surface area contributed by atoms with Crippen molar-refractivity contribution >= 4 is 29.1 Å². The molecule has 0 saturated carbocycles. The highest BCUT2D eigenvalue weighted by Crippen LogP contribution is 2.45. The number of hydrogen-bond acceptors (Lipinski definition) is 5. The van der Waals surface area contributed by atoms with Crippen LogP contribution in [0.3, 0.4) is 0 Å². The number of benzene rings is 2. The Kier molecular flexibility index (Phi) is 5.02. The molecular weight excluding hydrogens is 444 g/mol. The Hall–Kier alpha value is -4.53. The second-order valence-electron chi connectivity index (χ2n) is 8.58. The second kappa shape index (κ2) is 8.35. The van der Waals surface area contributed by atoms with Gasteiger partial charge in [-0.2, -0.15) is 0 Å². The van der Waals surface area contributed by atoms with Gasteiger partial charge in [-0.15, -0.1) is 10.2 Å². The average Bonchev–Trinajstić information content (AvgIpc) is 3.44. The number of fused-ring (bicyclic) bond motifs is 6. The van der Waals surface area contributed by atoms with Gasteiger partial charge in [-0.25, -0.2) is 0 Å². The molecule has 9 heteroatoms. The van der Waals surface area contributed by atoms with Crippen molar-refractivity contribution in [3.63, 3.8) is 0 Å². The number of anilines is 1. The molecule has 35 heavy (non-hydrogen) atoms. The lowest BCUT2D eigenvalue weighted by atomic mass is 10.0. The molecule has 4 aromatic rings. The van der Waals surface area contributed by atoms with Gasteiger partial charge in [-0.3, -0.25) is 23.7 Å². The normalized spacial score (nSPS) is 16.3. The summed E-state index contributed by atoms with van der Waals surface area (Å²) in [5.41, 5.74) is 3.25. The Morgan fingerprint density at radius 3 is 2.54 bits per heavy atom. The molecular formula is C26H22N6O3. The van der Waals surface area contributed by atoms with Gasteiger partial charge in [-0.1, -0.05) is 36.4 Å². The minimum Gasteiger partial charge on any atom is -0.349 e. The van der Waals surface area contributed by atoms with Crippen molar-refractivity contribution < 1.29 is 14.4 Å². The molecule has 1 atom stereocenters. The van der Waals surface area contributed by atoms with Crippen molar-refractivity contribution in [2.45, 2.75) is 25.6 Å². The molecule has 9 nitrogen and oxygen atoms in total. The highest BCUT2D eigenvalue weighted by molar-refractivity contribution is 6.16. The molecule has 6 rings (SSSR count). The quantitative estimate of drug-likeness (QED) is 0.471. The third-order valence-corrected chi connectivity index (χ3v) is 6.51. The van der Waals surface area contributed by atoms with Crippen molar-refractivity contribution in [3.8, 4) is 0 Å². The molecule has 0 bridgehead atoms. The van der Waals surface area contributed by atoms with Crippen molar-refractivity contribution in [1.29, 1.82) is 0 Å². The zero-order valence-corrected chi connectivity index (χ0v) is 18.8. The number of amides is 3. The number of rotatable bonds is 6. The number of pyridine rings is 1. The lowest BCUT2D eigenvalue weighted by molar-refractivity contribution is -0.121. The standard InChI is InChI=1S/C26H22N6O3/c33-23(27-16-22-29-28-21-12-5-6-14-30(21)22)13-7-15-31-24-17-8-1-2-9-18(17)26(35)32(24)20-11-4-3-10-19(20)25(31)34/h1-6,8-12,14,24H,7,13,15-16H2,(H,27,33)/t24-/m0/s1. The maximum absolute atomic E-state index is 13.4. The highest BCUT2D eigenvalue weighted by Gasteiger charge is 2.47. The largest absolute Gasteiger partial charge is 0.349 e. The van der Waals surface area contributed by atoms with Gasteiger partial charge in [0.15, 0.2) is 11.5 Å². The molecule has 2 aromatic heterocycles. The van der Waals surface area contributed by atoms with Crippen molar-refractivity contribution in [2.24, 2.45) is 0 Å². The predicted octanol–water partition coefficient (Wildman–Crippen LogP) is 2.94. The van der Waals surface area contributed by atoms with E-state index in [9.17, 15) is 14.4 Å². The number of para-hydroxylation sites is 1. The third-order valence-electron chi connectivity index (χ3n) is 6.51. The SMILES string of the molecule is O=C(CCCN1C(=O)c2ccccc2N2C(=O)c3ccccc3[C@@H]12)NCc1nnc2ccccn12. The van der Waals surface area contributed by atoms with Crippen LogP contribution >= 0.6 is 0 Å². The number of nitrogens with one attached hydrogen (secondary N) is 1. The summed E-state index contributed by atoms with van der Waals surface area (Å²) in [6.45, 7) is 0.607. The van der Waals surface area contributed by atoms with E-state index >= 15 is 0 Å². The van der Waals surface area contributed by atoms with Gasteiger partial charge < -0.3 is 10.2 Å². The number of hydrogen-bond donors (Lipinski definition) is 1. The number of aromatic nitrogens is 3. The monoisotopic (exact) mass is 466 g/mol. The third kappa shape index (κ3) is 3.43. The Morgan fingerprint density at radius 1 is 0.886 bits per heavy atom. The lowest BCUT2D eigenvalue weighted by Crippen LogP contribution is -2.48. The smallest absolute Gasteiger partial charge is 0.260 e. The van der Waals surface area contributed by atoms with Gasteiger partial charge in [-0.05, 0) is 36.8 Å². The molecule has 0 unspecified atom stereocenters. The Labute approximate surface area is 201 Å². The summed E-state index contributed by atoms with van der Waals surface area (Å²) < 4.78 is 1.83. The van der Waals surface area contributed by atoms with Crippen LogP contribution in [0.1, 0.15) is 51.1 Å². The van der Waals surface area contributed by atoms with Crippen molar-refractivity contribution in [2.75, 3.05) is 11.4 Å². The summed E-state index contributed by atoms with van der Waals surface area (Å²) in [5, 5.41) is 11.1. The fourth-order valence-corrected chi connectivity index (χ4v) is 4.89. The van der Waals surface area contributed by atoms with Crippen LogP contribution in [0.15, 0.2) is 72.9 Å². The zero-order chi connectivity index (χ0) is 23.9. The molecule has 0 aliphatic carbocycles. The molecule has 0 saturated heterocycles. The summed E-state index contributed by atoms with van der Waals surface area (Å²) in [5.74, 6) is 0.256. The Bertz CT molecular complexity index is 1480. The maximum Gasteiger partial charge on any atom is 0.260 e. The molecule has 2 aliphatic heterocycles. The zero-order valence-electron chi connectivity index (χ0n) is 18.8. The van der Waals surface area contributed by atoms with Crippen LogP contribution in [-0.2, 0) is 11.3 Å². The first-order valence-electron chi connectivity index (χ1n) is 11.5. The minimum absolute atomic E-state index is 0.117. The van der Waals surface area contributed by atoms with Gasteiger partial charge in [0.1, 0.15) is 6.17 Å². The van der Waals surface area contributed by atoms with Crippen LogP contribution in [0.5, 0.6) is 0 Å². The second-order valence-corrected chi connectivity index (χ2v) is 8.58. The number of carbonyl (C=O) groups is 3. The first-order valence-corrected chi connectivity index (χ1v) is 11.5. The van der Waals surface area contributed by atoms with Crippen LogP contribution in [0.2, 0.25) is 0 Å². The van der Waals surface area contributed by atoms with Crippen LogP contribution < -0.4 is 10.2 Å². The van der Waals surface area contributed by atoms with Gasteiger partial charge in [0.2, 0.25) is 5.91 Å². The van der Waals surface area contributed by atoms with E-state index in [1.807, 2.05) is 59.1 Å². The van der Waals surface area contributed by atoms with Gasteiger partial charge in [0.25, 0.3) is 11.8 Å².